The van der Waals surface area contributed by atoms with Crippen molar-refractivity contribution in [1.29, 1.82) is 0 Å². The Hall–Kier alpha value is -4.10. The molecule has 0 aliphatic rings. The monoisotopic (exact) mass is 461 g/mol. The lowest BCUT2D eigenvalue weighted by atomic mass is 10.0. The summed E-state index contributed by atoms with van der Waals surface area (Å²) in [5.74, 6) is -2.23. The lowest BCUT2D eigenvalue weighted by molar-refractivity contribution is -0.139. The molecule has 0 bridgehead atoms. The molecule has 0 radical (unpaired) electrons. The zero-order valence-electron chi connectivity index (χ0n) is 17.3. The number of nitrogens with one attached hydrogen (secondary N) is 3. The fraction of sp³-hybridized carbons (Fsp3) is 0.0800. The molecule has 1 aromatic heterocycles. The van der Waals surface area contributed by atoms with Gasteiger partial charge in [-0.3, -0.25) is 9.59 Å². The van der Waals surface area contributed by atoms with Crippen molar-refractivity contribution in [3.8, 4) is 0 Å². The quantitative estimate of drug-likeness (QED) is 0.324. The van der Waals surface area contributed by atoms with Gasteiger partial charge in [0, 0.05) is 22.3 Å². The van der Waals surface area contributed by atoms with E-state index in [0.29, 0.717) is 16.3 Å². The first-order valence-electron chi connectivity index (χ1n) is 10.2. The summed E-state index contributed by atoms with van der Waals surface area (Å²) in [4.78, 5) is 40.6. The van der Waals surface area contributed by atoms with E-state index in [9.17, 15) is 19.5 Å². The van der Waals surface area contributed by atoms with Gasteiger partial charge in [-0.15, -0.1) is 0 Å². The van der Waals surface area contributed by atoms with Gasteiger partial charge in [-0.1, -0.05) is 60.1 Å². The average Bonchev–Trinajstić information content (AvgIpc) is 3.25. The van der Waals surface area contributed by atoms with E-state index in [1.165, 1.54) is 6.07 Å². The van der Waals surface area contributed by atoms with Crippen LogP contribution < -0.4 is 10.6 Å². The van der Waals surface area contributed by atoms with Crippen LogP contribution in [0.2, 0.25) is 5.02 Å². The number of H-pyrrole nitrogens is 1. The SMILES string of the molecule is O=C(Nc1ccccc1C(=O)NC(Cc1ccccc1Cl)C(=O)O)c1cc2ccccc2[nH]1. The molecule has 166 valence electrons. The first kappa shape index (κ1) is 22.1. The van der Waals surface area contributed by atoms with Gasteiger partial charge >= 0.3 is 5.97 Å². The highest BCUT2D eigenvalue weighted by Crippen LogP contribution is 2.20. The van der Waals surface area contributed by atoms with Gasteiger partial charge in [0.1, 0.15) is 11.7 Å². The van der Waals surface area contributed by atoms with Crippen LogP contribution in [0.25, 0.3) is 10.9 Å². The van der Waals surface area contributed by atoms with Crippen LogP contribution in [0.3, 0.4) is 0 Å². The van der Waals surface area contributed by atoms with Crippen molar-refractivity contribution in [1.82, 2.24) is 10.3 Å². The summed E-state index contributed by atoms with van der Waals surface area (Å²) in [6.45, 7) is 0. The minimum absolute atomic E-state index is 0.0182. The number of halogens is 1. The Morgan fingerprint density at radius 3 is 2.36 bits per heavy atom. The summed E-state index contributed by atoms with van der Waals surface area (Å²) in [6, 6.07) is 21.3. The normalized spacial score (nSPS) is 11.7. The molecule has 4 rings (SSSR count). The summed E-state index contributed by atoms with van der Waals surface area (Å²) in [7, 11) is 0. The lowest BCUT2D eigenvalue weighted by Gasteiger charge is -2.17. The molecule has 1 heterocycles. The molecule has 4 aromatic rings. The standard InChI is InChI=1S/C25H20ClN3O4/c26-18-10-4-1-7-15(18)13-22(25(32)33)29-23(30)17-9-3-6-12-20(17)28-24(31)21-14-16-8-2-5-11-19(16)27-21/h1-12,14,22,27H,13H2,(H,28,31)(H,29,30)(H,32,33). The van der Waals surface area contributed by atoms with Gasteiger partial charge in [0.2, 0.25) is 0 Å². The number of rotatable bonds is 7. The molecule has 0 spiro atoms. The number of carbonyl (C=O) groups is 3. The van der Waals surface area contributed by atoms with E-state index in [4.69, 9.17) is 11.6 Å². The molecular formula is C25H20ClN3O4. The number of carboxylic acid groups (broad SMARTS) is 1. The fourth-order valence-electron chi connectivity index (χ4n) is 3.50. The van der Waals surface area contributed by atoms with E-state index in [-0.39, 0.29) is 17.7 Å². The molecular weight excluding hydrogens is 442 g/mol. The number of aliphatic carboxylic acids is 1. The molecule has 0 saturated carbocycles. The number of aromatic nitrogens is 1. The second kappa shape index (κ2) is 9.58. The van der Waals surface area contributed by atoms with Gasteiger partial charge in [0.15, 0.2) is 0 Å². The summed E-state index contributed by atoms with van der Waals surface area (Å²) in [6.07, 6.45) is 0.0182. The Kier molecular flexibility index (Phi) is 6.42. The molecule has 1 atom stereocenters. The topological polar surface area (TPSA) is 111 Å². The Bertz CT molecular complexity index is 1320. The molecule has 2 amide bonds. The van der Waals surface area contributed by atoms with E-state index in [1.807, 2.05) is 24.3 Å². The molecule has 3 aromatic carbocycles. The summed E-state index contributed by atoms with van der Waals surface area (Å²) >= 11 is 6.14. The third-order valence-corrected chi connectivity index (χ3v) is 5.55. The van der Waals surface area contributed by atoms with Crippen molar-refractivity contribution >= 4 is 46.0 Å². The molecule has 0 aliphatic heterocycles. The van der Waals surface area contributed by atoms with Crippen LogP contribution in [-0.4, -0.2) is 33.9 Å². The predicted octanol–water partition coefficient (Wildman–Crippen LogP) is 4.50. The van der Waals surface area contributed by atoms with Crippen LogP contribution in [0.15, 0.2) is 78.9 Å². The van der Waals surface area contributed by atoms with E-state index in [1.54, 1.807) is 48.5 Å². The maximum Gasteiger partial charge on any atom is 0.326 e. The number of para-hydroxylation sites is 2. The lowest BCUT2D eigenvalue weighted by Crippen LogP contribution is -2.42. The number of anilines is 1. The Balaban J connectivity index is 1.53. The number of amides is 2. The minimum atomic E-state index is -1.20. The molecule has 4 N–H and O–H groups in total. The van der Waals surface area contributed by atoms with Gasteiger partial charge in [0.05, 0.1) is 11.3 Å². The van der Waals surface area contributed by atoms with Crippen molar-refractivity contribution in [2.24, 2.45) is 0 Å². The summed E-state index contributed by atoms with van der Waals surface area (Å²) < 4.78 is 0. The van der Waals surface area contributed by atoms with Gasteiger partial charge in [0.25, 0.3) is 11.8 Å². The molecule has 33 heavy (non-hydrogen) atoms. The first-order chi connectivity index (χ1) is 15.9. The van der Waals surface area contributed by atoms with E-state index in [0.717, 1.165) is 10.9 Å². The van der Waals surface area contributed by atoms with Crippen LogP contribution in [0.5, 0.6) is 0 Å². The van der Waals surface area contributed by atoms with Crippen LogP contribution >= 0.6 is 11.6 Å². The molecule has 7 nitrogen and oxygen atoms in total. The van der Waals surface area contributed by atoms with Crippen molar-refractivity contribution in [2.45, 2.75) is 12.5 Å². The van der Waals surface area contributed by atoms with E-state index >= 15 is 0 Å². The maximum absolute atomic E-state index is 12.9. The van der Waals surface area contributed by atoms with Gasteiger partial charge < -0.3 is 20.7 Å². The van der Waals surface area contributed by atoms with Gasteiger partial charge in [-0.2, -0.15) is 0 Å². The fourth-order valence-corrected chi connectivity index (χ4v) is 3.71. The summed E-state index contributed by atoms with van der Waals surface area (Å²) in [5.41, 5.74) is 2.17. The van der Waals surface area contributed by atoms with Gasteiger partial charge in [-0.05, 0) is 35.9 Å². The van der Waals surface area contributed by atoms with Crippen LogP contribution in [0.1, 0.15) is 26.4 Å². The van der Waals surface area contributed by atoms with Crippen LogP contribution in [-0.2, 0) is 11.2 Å². The summed E-state index contributed by atoms with van der Waals surface area (Å²) in [5, 5.41) is 16.2. The van der Waals surface area contributed by atoms with Gasteiger partial charge in [-0.25, -0.2) is 4.79 Å². The molecule has 1 unspecified atom stereocenters. The predicted molar refractivity (Wildman–Crippen MR) is 127 cm³/mol. The number of carbonyl (C=O) groups excluding carboxylic acids is 2. The minimum Gasteiger partial charge on any atom is -0.480 e. The second-order valence-electron chi connectivity index (χ2n) is 7.43. The molecule has 0 fully saturated rings. The Labute approximate surface area is 194 Å². The van der Waals surface area contributed by atoms with Crippen molar-refractivity contribution in [2.75, 3.05) is 5.32 Å². The van der Waals surface area contributed by atoms with Crippen molar-refractivity contribution < 1.29 is 19.5 Å². The average molecular weight is 462 g/mol. The number of fused-ring (bicyclic) bond motifs is 1. The molecule has 0 saturated heterocycles. The zero-order valence-corrected chi connectivity index (χ0v) is 18.1. The van der Waals surface area contributed by atoms with E-state index in [2.05, 4.69) is 15.6 Å². The highest BCUT2D eigenvalue weighted by atomic mass is 35.5. The molecule has 8 heteroatoms. The number of benzene rings is 3. The van der Waals surface area contributed by atoms with Crippen molar-refractivity contribution in [3.63, 3.8) is 0 Å². The zero-order chi connectivity index (χ0) is 23.4. The number of hydrogen-bond donors (Lipinski definition) is 4. The highest BCUT2D eigenvalue weighted by Gasteiger charge is 2.24. The largest absolute Gasteiger partial charge is 0.480 e. The van der Waals surface area contributed by atoms with Crippen LogP contribution in [0, 0.1) is 0 Å². The van der Waals surface area contributed by atoms with Crippen molar-refractivity contribution in [3.05, 3.63) is 101 Å². The first-order valence-corrected chi connectivity index (χ1v) is 10.6. The maximum atomic E-state index is 12.9. The third-order valence-electron chi connectivity index (χ3n) is 5.18. The Morgan fingerprint density at radius 1 is 0.909 bits per heavy atom. The number of carboxylic acids is 1. The third kappa shape index (κ3) is 5.05. The van der Waals surface area contributed by atoms with Crippen LogP contribution in [0.4, 0.5) is 5.69 Å². The highest BCUT2D eigenvalue weighted by molar-refractivity contribution is 6.31. The second-order valence-corrected chi connectivity index (χ2v) is 7.84. The smallest absolute Gasteiger partial charge is 0.326 e. The number of hydrogen-bond acceptors (Lipinski definition) is 3. The van der Waals surface area contributed by atoms with E-state index < -0.39 is 23.8 Å². The number of aromatic amines is 1. The Morgan fingerprint density at radius 2 is 1.61 bits per heavy atom. The molecule has 0 aliphatic carbocycles.